The molecule has 4 nitrogen and oxygen atoms in total. The molecule has 0 aliphatic carbocycles. The molecule has 2 rings (SSSR count). The van der Waals surface area contributed by atoms with Gasteiger partial charge in [-0.15, -0.1) is 11.6 Å². The lowest BCUT2D eigenvalue weighted by atomic mass is 9.95. The molecule has 1 N–H and O–H groups in total. The first-order valence-corrected chi connectivity index (χ1v) is 6.97. The Bertz CT molecular complexity index is 579. The number of carbonyl (C=O) groups excluding carboxylic acids is 1. The standard InChI is InChI=1S/C15H18ClN3O/c1-15(2,10-16)14(20)18-13-5-3-4-12(8-13)9-19-7-6-17-11-19/h3-8,11H,9-10H2,1-2H3,(H,18,20). The molecule has 1 aromatic heterocycles. The first kappa shape index (κ1) is 14.6. The van der Waals surface area contributed by atoms with E-state index in [0.29, 0.717) is 0 Å². The second kappa shape index (κ2) is 6.09. The summed E-state index contributed by atoms with van der Waals surface area (Å²) in [6.07, 6.45) is 5.42. The summed E-state index contributed by atoms with van der Waals surface area (Å²) in [6, 6.07) is 7.78. The van der Waals surface area contributed by atoms with Crippen LogP contribution < -0.4 is 5.32 Å². The van der Waals surface area contributed by atoms with Gasteiger partial charge in [-0.3, -0.25) is 4.79 Å². The Morgan fingerprint density at radius 2 is 2.25 bits per heavy atom. The molecule has 1 heterocycles. The second-order valence-electron chi connectivity index (χ2n) is 5.41. The molecule has 0 aliphatic rings. The fraction of sp³-hybridized carbons (Fsp3) is 0.333. The molecule has 1 aromatic carbocycles. The summed E-state index contributed by atoms with van der Waals surface area (Å²) in [7, 11) is 0. The van der Waals surface area contributed by atoms with Crippen LogP contribution in [0.4, 0.5) is 5.69 Å². The Morgan fingerprint density at radius 1 is 1.45 bits per heavy atom. The number of rotatable bonds is 5. The van der Waals surface area contributed by atoms with Crippen molar-refractivity contribution in [1.29, 1.82) is 0 Å². The molecule has 0 saturated carbocycles. The van der Waals surface area contributed by atoms with Crippen molar-refractivity contribution < 1.29 is 4.79 Å². The van der Waals surface area contributed by atoms with Crippen molar-refractivity contribution in [2.45, 2.75) is 20.4 Å². The maximum atomic E-state index is 12.1. The molecule has 0 spiro atoms. The molecule has 0 unspecified atom stereocenters. The summed E-state index contributed by atoms with van der Waals surface area (Å²) in [4.78, 5) is 16.1. The molecule has 2 aromatic rings. The van der Waals surface area contributed by atoms with Crippen LogP contribution >= 0.6 is 11.6 Å². The van der Waals surface area contributed by atoms with Gasteiger partial charge in [0.1, 0.15) is 0 Å². The fourth-order valence-electron chi connectivity index (χ4n) is 1.70. The summed E-state index contributed by atoms with van der Waals surface area (Å²) < 4.78 is 1.98. The second-order valence-corrected chi connectivity index (χ2v) is 5.67. The van der Waals surface area contributed by atoms with Crippen molar-refractivity contribution in [3.8, 4) is 0 Å². The summed E-state index contributed by atoms with van der Waals surface area (Å²) >= 11 is 5.81. The lowest BCUT2D eigenvalue weighted by molar-refractivity contribution is -0.122. The van der Waals surface area contributed by atoms with E-state index in [0.717, 1.165) is 17.8 Å². The Kier molecular flexibility index (Phi) is 4.45. The van der Waals surface area contributed by atoms with E-state index < -0.39 is 5.41 Å². The number of aromatic nitrogens is 2. The first-order chi connectivity index (χ1) is 9.51. The quantitative estimate of drug-likeness (QED) is 0.860. The van der Waals surface area contributed by atoms with Crippen LogP contribution in [-0.2, 0) is 11.3 Å². The van der Waals surface area contributed by atoms with Gasteiger partial charge in [-0.2, -0.15) is 0 Å². The predicted molar refractivity (Wildman–Crippen MR) is 80.9 cm³/mol. The van der Waals surface area contributed by atoms with Crippen molar-refractivity contribution >= 4 is 23.2 Å². The Balaban J connectivity index is 2.08. The van der Waals surface area contributed by atoms with Crippen LogP contribution in [0.15, 0.2) is 43.0 Å². The van der Waals surface area contributed by atoms with Crippen LogP contribution in [0.25, 0.3) is 0 Å². The number of amides is 1. The SMILES string of the molecule is CC(C)(CCl)C(=O)Nc1cccc(Cn2ccnc2)c1. The van der Waals surface area contributed by atoms with Crippen LogP contribution in [-0.4, -0.2) is 21.3 Å². The molecule has 0 bridgehead atoms. The molecule has 106 valence electrons. The van der Waals surface area contributed by atoms with Crippen molar-refractivity contribution in [2.75, 3.05) is 11.2 Å². The monoisotopic (exact) mass is 291 g/mol. The third-order valence-corrected chi connectivity index (χ3v) is 3.73. The van der Waals surface area contributed by atoms with Gasteiger partial charge in [0.05, 0.1) is 11.7 Å². The number of carbonyl (C=O) groups is 1. The molecule has 0 saturated heterocycles. The fourth-order valence-corrected chi connectivity index (χ4v) is 1.82. The zero-order valence-corrected chi connectivity index (χ0v) is 12.4. The van der Waals surface area contributed by atoms with E-state index in [1.54, 1.807) is 12.5 Å². The van der Waals surface area contributed by atoms with Crippen LogP contribution in [0.2, 0.25) is 0 Å². The van der Waals surface area contributed by atoms with Gasteiger partial charge in [0, 0.05) is 30.5 Å². The molecular formula is C15H18ClN3O. The number of hydrogen-bond donors (Lipinski definition) is 1. The van der Waals surface area contributed by atoms with E-state index in [4.69, 9.17) is 11.6 Å². The third kappa shape index (κ3) is 3.61. The van der Waals surface area contributed by atoms with Gasteiger partial charge in [-0.1, -0.05) is 12.1 Å². The number of hydrogen-bond acceptors (Lipinski definition) is 2. The first-order valence-electron chi connectivity index (χ1n) is 6.43. The van der Waals surface area contributed by atoms with Crippen LogP contribution in [0.5, 0.6) is 0 Å². The topological polar surface area (TPSA) is 46.9 Å². The van der Waals surface area contributed by atoms with E-state index in [1.165, 1.54) is 0 Å². The lowest BCUT2D eigenvalue weighted by Gasteiger charge is -2.20. The van der Waals surface area contributed by atoms with Gasteiger partial charge >= 0.3 is 0 Å². The van der Waals surface area contributed by atoms with E-state index in [1.807, 2.05) is 48.9 Å². The highest BCUT2D eigenvalue weighted by Crippen LogP contribution is 2.21. The van der Waals surface area contributed by atoms with Crippen LogP contribution in [0, 0.1) is 5.41 Å². The Morgan fingerprint density at radius 3 is 2.90 bits per heavy atom. The molecule has 0 radical (unpaired) electrons. The smallest absolute Gasteiger partial charge is 0.231 e. The Hall–Kier alpha value is -1.81. The number of halogens is 1. The highest BCUT2D eigenvalue weighted by molar-refractivity contribution is 6.20. The number of nitrogens with one attached hydrogen (secondary N) is 1. The average Bonchev–Trinajstić information content (AvgIpc) is 2.92. The van der Waals surface area contributed by atoms with Crippen LogP contribution in [0.1, 0.15) is 19.4 Å². The molecule has 0 atom stereocenters. The van der Waals surface area contributed by atoms with E-state index in [2.05, 4.69) is 10.3 Å². The molecule has 1 amide bonds. The van der Waals surface area contributed by atoms with Crippen molar-refractivity contribution in [1.82, 2.24) is 9.55 Å². The van der Waals surface area contributed by atoms with Gasteiger partial charge in [0.25, 0.3) is 0 Å². The van der Waals surface area contributed by atoms with Gasteiger partial charge in [0.15, 0.2) is 0 Å². The minimum Gasteiger partial charge on any atom is -0.333 e. The van der Waals surface area contributed by atoms with Crippen LogP contribution in [0.3, 0.4) is 0 Å². The third-order valence-electron chi connectivity index (χ3n) is 3.06. The van der Waals surface area contributed by atoms with Gasteiger partial charge in [0.2, 0.25) is 5.91 Å². The normalized spacial score (nSPS) is 11.3. The van der Waals surface area contributed by atoms with Gasteiger partial charge in [-0.05, 0) is 31.5 Å². The summed E-state index contributed by atoms with van der Waals surface area (Å²) in [5.41, 5.74) is 1.30. The van der Waals surface area contributed by atoms with Gasteiger partial charge in [-0.25, -0.2) is 4.98 Å². The molecule has 5 heteroatoms. The number of anilines is 1. The predicted octanol–water partition coefficient (Wildman–Crippen LogP) is 3.13. The minimum absolute atomic E-state index is 0.0766. The number of benzene rings is 1. The average molecular weight is 292 g/mol. The largest absolute Gasteiger partial charge is 0.333 e. The molecular weight excluding hydrogens is 274 g/mol. The highest BCUT2D eigenvalue weighted by Gasteiger charge is 2.26. The summed E-state index contributed by atoms with van der Waals surface area (Å²) in [5.74, 6) is 0.209. The lowest BCUT2D eigenvalue weighted by Crippen LogP contribution is -2.32. The molecule has 20 heavy (non-hydrogen) atoms. The zero-order chi connectivity index (χ0) is 14.6. The van der Waals surface area contributed by atoms with E-state index in [9.17, 15) is 4.79 Å². The Labute approximate surface area is 123 Å². The number of alkyl halides is 1. The van der Waals surface area contributed by atoms with Crippen molar-refractivity contribution in [3.63, 3.8) is 0 Å². The van der Waals surface area contributed by atoms with E-state index >= 15 is 0 Å². The summed E-state index contributed by atoms with van der Waals surface area (Å²) in [5, 5.41) is 2.90. The summed E-state index contributed by atoms with van der Waals surface area (Å²) in [6.45, 7) is 4.37. The maximum Gasteiger partial charge on any atom is 0.231 e. The minimum atomic E-state index is -0.581. The number of imidazole rings is 1. The van der Waals surface area contributed by atoms with Crippen molar-refractivity contribution in [2.24, 2.45) is 5.41 Å². The number of nitrogens with zero attached hydrogens (tertiary/aromatic N) is 2. The van der Waals surface area contributed by atoms with Gasteiger partial charge < -0.3 is 9.88 Å². The highest BCUT2D eigenvalue weighted by atomic mass is 35.5. The van der Waals surface area contributed by atoms with Crippen molar-refractivity contribution in [3.05, 3.63) is 48.5 Å². The maximum absolute atomic E-state index is 12.1. The molecule has 0 aliphatic heterocycles. The zero-order valence-electron chi connectivity index (χ0n) is 11.6. The van der Waals surface area contributed by atoms with E-state index in [-0.39, 0.29) is 11.8 Å². The molecule has 0 fully saturated rings.